The van der Waals surface area contributed by atoms with Gasteiger partial charge in [0.2, 0.25) is 0 Å². The van der Waals surface area contributed by atoms with Crippen molar-refractivity contribution in [2.45, 2.75) is 97.9 Å². The van der Waals surface area contributed by atoms with Gasteiger partial charge in [0.25, 0.3) is 0 Å². The fraction of sp³-hybridized carbons (Fsp3) is 0.950. The molecule has 0 radical (unpaired) electrons. The van der Waals surface area contributed by atoms with E-state index < -0.39 is 11.7 Å². The van der Waals surface area contributed by atoms with Crippen molar-refractivity contribution in [1.82, 2.24) is 0 Å². The predicted molar refractivity (Wildman–Crippen MR) is 100 cm³/mol. The van der Waals surface area contributed by atoms with Crippen LogP contribution in [0.15, 0.2) is 0 Å². The Balaban J connectivity index is 4.83. The number of hydrogen-bond donors (Lipinski definition) is 2. The second-order valence-electron chi connectivity index (χ2n) is 7.74. The molecule has 5 nitrogen and oxygen atoms in total. The number of aliphatic hydroxyl groups is 2. The molecule has 0 saturated heterocycles. The predicted octanol–water partition coefficient (Wildman–Crippen LogP) is 3.70. The van der Waals surface area contributed by atoms with E-state index in [1.807, 2.05) is 20.8 Å². The van der Waals surface area contributed by atoms with Crippen LogP contribution in [-0.2, 0) is 14.3 Å². The van der Waals surface area contributed by atoms with Crippen molar-refractivity contribution in [3.63, 3.8) is 0 Å². The maximum absolute atomic E-state index is 12.8. The lowest BCUT2D eigenvalue weighted by atomic mass is 9.93. The molecule has 150 valence electrons. The largest absolute Gasteiger partial charge is 0.463 e. The van der Waals surface area contributed by atoms with E-state index in [0.717, 1.165) is 12.8 Å². The van der Waals surface area contributed by atoms with E-state index in [0.29, 0.717) is 38.9 Å². The lowest BCUT2D eigenvalue weighted by Gasteiger charge is -2.32. The third-order valence-corrected chi connectivity index (χ3v) is 4.51. The molecule has 5 unspecified atom stereocenters. The van der Waals surface area contributed by atoms with Gasteiger partial charge in [0.1, 0.15) is 0 Å². The molecule has 0 saturated carbocycles. The van der Waals surface area contributed by atoms with Gasteiger partial charge in [-0.1, -0.05) is 40.5 Å². The summed E-state index contributed by atoms with van der Waals surface area (Å²) < 4.78 is 11.6. The molecule has 5 atom stereocenters. The molecule has 0 aliphatic carbocycles. The fourth-order valence-electron chi connectivity index (χ4n) is 3.07. The number of carbonyl (C=O) groups excluding carboxylic acids is 1. The van der Waals surface area contributed by atoms with Crippen molar-refractivity contribution in [1.29, 1.82) is 0 Å². The molecule has 0 amide bonds. The molecule has 0 heterocycles. The van der Waals surface area contributed by atoms with Crippen LogP contribution >= 0.6 is 0 Å². The van der Waals surface area contributed by atoms with Crippen LogP contribution in [0.2, 0.25) is 0 Å². The van der Waals surface area contributed by atoms with E-state index in [1.165, 1.54) is 0 Å². The number of rotatable bonds is 14. The van der Waals surface area contributed by atoms with Crippen LogP contribution in [-0.4, -0.2) is 47.2 Å². The molecule has 0 bridgehead atoms. The minimum absolute atomic E-state index is 0.110. The first-order valence-corrected chi connectivity index (χ1v) is 9.84. The highest BCUT2D eigenvalue weighted by molar-refractivity contribution is 5.79. The quantitative estimate of drug-likeness (QED) is 0.462. The van der Waals surface area contributed by atoms with Crippen LogP contribution < -0.4 is 0 Å². The second-order valence-corrected chi connectivity index (χ2v) is 7.74. The van der Waals surface area contributed by atoms with Gasteiger partial charge < -0.3 is 19.7 Å². The average molecular weight is 361 g/mol. The smallest absolute Gasteiger partial charge is 0.338 e. The molecular weight excluding hydrogens is 320 g/mol. The second kappa shape index (κ2) is 12.7. The van der Waals surface area contributed by atoms with Crippen LogP contribution in [0.25, 0.3) is 0 Å². The van der Waals surface area contributed by atoms with Crippen LogP contribution in [0.4, 0.5) is 0 Å². The van der Waals surface area contributed by atoms with Crippen molar-refractivity contribution in [3.05, 3.63) is 0 Å². The fourth-order valence-corrected chi connectivity index (χ4v) is 3.07. The minimum atomic E-state index is -0.909. The van der Waals surface area contributed by atoms with Gasteiger partial charge in [-0.25, -0.2) is 4.79 Å². The first-order valence-electron chi connectivity index (χ1n) is 9.84. The molecule has 0 aromatic rings. The number of hydrogen-bond acceptors (Lipinski definition) is 5. The van der Waals surface area contributed by atoms with Gasteiger partial charge in [-0.3, -0.25) is 0 Å². The van der Waals surface area contributed by atoms with Gasteiger partial charge in [0, 0.05) is 0 Å². The summed E-state index contributed by atoms with van der Waals surface area (Å²) in [6, 6.07) is 0. The van der Waals surface area contributed by atoms with Gasteiger partial charge in [0.05, 0.1) is 25.4 Å². The van der Waals surface area contributed by atoms with Crippen molar-refractivity contribution in [2.75, 3.05) is 13.2 Å². The van der Waals surface area contributed by atoms with E-state index in [1.54, 1.807) is 13.8 Å². The van der Waals surface area contributed by atoms with Crippen molar-refractivity contribution in [3.8, 4) is 0 Å². The summed E-state index contributed by atoms with van der Waals surface area (Å²) >= 11 is 0. The molecule has 0 aliphatic heterocycles. The summed E-state index contributed by atoms with van der Waals surface area (Å²) in [5, 5.41) is 19.0. The summed E-state index contributed by atoms with van der Waals surface area (Å²) in [5.41, 5.74) is -0.909. The summed E-state index contributed by atoms with van der Waals surface area (Å²) in [4.78, 5) is 12.8. The zero-order valence-corrected chi connectivity index (χ0v) is 17.1. The maximum Gasteiger partial charge on any atom is 0.338 e. The highest BCUT2D eigenvalue weighted by atomic mass is 16.6. The number of esters is 1. The monoisotopic (exact) mass is 360 g/mol. The molecule has 0 aromatic heterocycles. The first-order chi connectivity index (χ1) is 11.7. The van der Waals surface area contributed by atoms with E-state index in [-0.39, 0.29) is 23.9 Å². The van der Waals surface area contributed by atoms with Crippen LogP contribution in [0.1, 0.15) is 80.1 Å². The van der Waals surface area contributed by atoms with Gasteiger partial charge in [-0.15, -0.1) is 0 Å². The van der Waals surface area contributed by atoms with Crippen molar-refractivity contribution in [2.24, 2.45) is 11.8 Å². The third kappa shape index (κ3) is 10.2. The van der Waals surface area contributed by atoms with Gasteiger partial charge in [-0.2, -0.15) is 0 Å². The van der Waals surface area contributed by atoms with E-state index in [2.05, 4.69) is 6.92 Å². The third-order valence-electron chi connectivity index (χ3n) is 4.51. The lowest BCUT2D eigenvalue weighted by molar-refractivity contribution is -0.178. The average Bonchev–Trinajstić information content (AvgIpc) is 2.52. The Morgan fingerprint density at radius 2 is 1.48 bits per heavy atom. The number of ether oxygens (including phenoxy) is 2. The molecule has 0 aliphatic rings. The molecular formula is C20H40O5. The summed E-state index contributed by atoms with van der Waals surface area (Å²) in [5.74, 6) is -0.0153. The summed E-state index contributed by atoms with van der Waals surface area (Å²) in [6.07, 6.45) is 3.57. The highest BCUT2D eigenvalue weighted by Gasteiger charge is 2.39. The van der Waals surface area contributed by atoms with Gasteiger partial charge in [-0.05, 0) is 51.4 Å². The van der Waals surface area contributed by atoms with E-state index >= 15 is 0 Å². The Labute approximate surface area is 154 Å². The highest BCUT2D eigenvalue weighted by Crippen LogP contribution is 2.27. The molecule has 5 heteroatoms. The van der Waals surface area contributed by atoms with Crippen LogP contribution in [0, 0.1) is 11.8 Å². The van der Waals surface area contributed by atoms with Crippen LogP contribution in [0.3, 0.4) is 0 Å². The standard InChI is InChI=1S/C20H40O5/c1-7-9-10-20(8-2,25-14-16(4)12-18(6)22)19(23)24-13-15(3)11-17(5)21/h15-18,21-22H,7-14H2,1-6H3. The molecule has 2 N–H and O–H groups in total. The SMILES string of the molecule is CCCCC(CC)(OCC(C)CC(C)O)C(=O)OCC(C)CC(C)O. The Morgan fingerprint density at radius 3 is 1.92 bits per heavy atom. The van der Waals surface area contributed by atoms with Crippen molar-refractivity contribution >= 4 is 5.97 Å². The Bertz CT molecular complexity index is 356. The zero-order chi connectivity index (χ0) is 19.5. The molecule has 0 fully saturated rings. The van der Waals surface area contributed by atoms with Crippen LogP contribution in [0.5, 0.6) is 0 Å². The number of aliphatic hydroxyl groups excluding tert-OH is 2. The number of unbranched alkanes of at least 4 members (excludes halogenated alkanes) is 1. The first kappa shape index (κ1) is 24.4. The topological polar surface area (TPSA) is 76.0 Å². The lowest BCUT2D eigenvalue weighted by Crippen LogP contribution is -2.44. The normalized spacial score (nSPS) is 18.9. The molecule has 0 aromatic carbocycles. The van der Waals surface area contributed by atoms with Gasteiger partial charge >= 0.3 is 5.97 Å². The Kier molecular flexibility index (Phi) is 12.3. The Morgan fingerprint density at radius 1 is 0.960 bits per heavy atom. The molecule has 25 heavy (non-hydrogen) atoms. The van der Waals surface area contributed by atoms with E-state index in [4.69, 9.17) is 9.47 Å². The summed E-state index contributed by atoms with van der Waals surface area (Å²) in [7, 11) is 0. The maximum atomic E-state index is 12.8. The number of carbonyl (C=O) groups is 1. The molecule has 0 rings (SSSR count). The minimum Gasteiger partial charge on any atom is -0.463 e. The van der Waals surface area contributed by atoms with Gasteiger partial charge in [0.15, 0.2) is 5.60 Å². The Hall–Kier alpha value is -0.650. The van der Waals surface area contributed by atoms with E-state index in [9.17, 15) is 15.0 Å². The molecule has 0 spiro atoms. The zero-order valence-electron chi connectivity index (χ0n) is 17.1. The van der Waals surface area contributed by atoms with Crippen molar-refractivity contribution < 1.29 is 24.5 Å². The summed E-state index contributed by atoms with van der Waals surface area (Å²) in [6.45, 7) is 12.3.